The smallest absolute Gasteiger partial charge is 0.387 e. The van der Waals surface area contributed by atoms with Crippen molar-refractivity contribution in [3.05, 3.63) is 41.3 Å². The number of nitrogens with one attached hydrogen (secondary N) is 1. The van der Waals surface area contributed by atoms with Crippen LogP contribution < -0.4 is 5.32 Å². The summed E-state index contributed by atoms with van der Waals surface area (Å²) >= 11 is 1.50. The molecule has 90 valence electrons. The highest BCUT2D eigenvalue weighted by Gasteiger charge is 2.29. The zero-order valence-electron chi connectivity index (χ0n) is 9.01. The highest BCUT2D eigenvalue weighted by molar-refractivity contribution is 7.14. The highest BCUT2D eigenvalue weighted by Crippen LogP contribution is 2.33. The second-order valence-corrected chi connectivity index (χ2v) is 4.44. The predicted octanol–water partition coefficient (Wildman–Crippen LogP) is 4.48. The maximum atomic E-state index is 12.4. The van der Waals surface area contributed by atoms with Crippen LogP contribution in [-0.2, 0) is 6.18 Å². The van der Waals surface area contributed by atoms with Crippen molar-refractivity contribution in [1.82, 2.24) is 0 Å². The predicted molar refractivity (Wildman–Crippen MR) is 64.3 cm³/mol. The number of halogens is 3. The molecule has 2 rings (SSSR count). The van der Waals surface area contributed by atoms with E-state index in [1.54, 1.807) is 7.05 Å². The largest absolute Gasteiger partial charge is 0.416 e. The summed E-state index contributed by atoms with van der Waals surface area (Å²) < 4.78 is 37.1. The van der Waals surface area contributed by atoms with Gasteiger partial charge in [-0.1, -0.05) is 12.1 Å². The average Bonchev–Trinajstić information content (AvgIpc) is 2.76. The van der Waals surface area contributed by atoms with E-state index in [1.165, 1.54) is 23.5 Å². The average molecular weight is 257 g/mol. The molecule has 17 heavy (non-hydrogen) atoms. The molecule has 1 nitrogen and oxygen atoms in total. The molecule has 0 fully saturated rings. The van der Waals surface area contributed by atoms with E-state index < -0.39 is 11.7 Å². The van der Waals surface area contributed by atoms with E-state index >= 15 is 0 Å². The van der Waals surface area contributed by atoms with Gasteiger partial charge in [-0.25, -0.2) is 0 Å². The van der Waals surface area contributed by atoms with Gasteiger partial charge in [-0.05, 0) is 23.8 Å². The summed E-state index contributed by atoms with van der Waals surface area (Å²) in [5.41, 5.74) is 1.14. The molecule has 1 heterocycles. The second-order valence-electron chi connectivity index (χ2n) is 3.52. The van der Waals surface area contributed by atoms with Crippen LogP contribution in [0.3, 0.4) is 0 Å². The molecular weight excluding hydrogens is 247 g/mol. The number of rotatable bonds is 2. The third-order valence-electron chi connectivity index (χ3n) is 2.38. The molecule has 0 aliphatic rings. The van der Waals surface area contributed by atoms with E-state index in [0.29, 0.717) is 0 Å². The van der Waals surface area contributed by atoms with Crippen LogP contribution >= 0.6 is 11.3 Å². The van der Waals surface area contributed by atoms with E-state index in [9.17, 15) is 13.2 Å². The number of anilines is 1. The van der Waals surface area contributed by atoms with Crippen molar-refractivity contribution in [2.24, 2.45) is 0 Å². The van der Waals surface area contributed by atoms with Crippen LogP contribution in [0.5, 0.6) is 0 Å². The Balaban J connectivity index is 2.29. The van der Waals surface area contributed by atoms with Crippen molar-refractivity contribution in [3.8, 4) is 10.4 Å². The standard InChI is InChI=1S/C12H10F3NS/c1-16-10-6-11(17-7-10)8-2-4-9(5-3-8)12(13,14)15/h2-7,16H,1H3. The van der Waals surface area contributed by atoms with Crippen LogP contribution in [0.1, 0.15) is 5.56 Å². The lowest BCUT2D eigenvalue weighted by atomic mass is 10.1. The number of thiophene rings is 1. The van der Waals surface area contributed by atoms with Crippen LogP contribution in [-0.4, -0.2) is 7.05 Å². The molecule has 0 unspecified atom stereocenters. The first-order valence-electron chi connectivity index (χ1n) is 4.94. The molecule has 1 N–H and O–H groups in total. The molecule has 0 saturated heterocycles. The number of benzene rings is 1. The van der Waals surface area contributed by atoms with Crippen molar-refractivity contribution >= 4 is 17.0 Å². The van der Waals surface area contributed by atoms with Crippen molar-refractivity contribution in [2.45, 2.75) is 6.18 Å². The van der Waals surface area contributed by atoms with E-state index in [-0.39, 0.29) is 0 Å². The van der Waals surface area contributed by atoms with E-state index in [1.807, 2.05) is 11.4 Å². The van der Waals surface area contributed by atoms with Gasteiger partial charge in [0.1, 0.15) is 0 Å². The lowest BCUT2D eigenvalue weighted by molar-refractivity contribution is -0.137. The summed E-state index contributed by atoms with van der Waals surface area (Å²) in [6.07, 6.45) is -4.27. The molecule has 0 aliphatic carbocycles. The molecule has 2 aromatic rings. The van der Waals surface area contributed by atoms with Gasteiger partial charge in [0.2, 0.25) is 0 Å². The fraction of sp³-hybridized carbons (Fsp3) is 0.167. The van der Waals surface area contributed by atoms with Crippen molar-refractivity contribution < 1.29 is 13.2 Å². The number of hydrogen-bond donors (Lipinski definition) is 1. The van der Waals surface area contributed by atoms with Gasteiger partial charge in [0.15, 0.2) is 0 Å². The summed E-state index contributed by atoms with van der Waals surface area (Å²) in [4.78, 5) is 0.947. The Morgan fingerprint density at radius 2 is 1.76 bits per heavy atom. The van der Waals surface area contributed by atoms with Crippen molar-refractivity contribution in [2.75, 3.05) is 12.4 Å². The molecular formula is C12H10F3NS. The summed E-state index contributed by atoms with van der Waals surface area (Å²) in [6.45, 7) is 0. The fourth-order valence-corrected chi connectivity index (χ4v) is 2.35. The van der Waals surface area contributed by atoms with Crippen LogP contribution in [0.25, 0.3) is 10.4 Å². The van der Waals surface area contributed by atoms with Gasteiger partial charge in [-0.3, -0.25) is 0 Å². The third-order valence-corrected chi connectivity index (χ3v) is 3.36. The Hall–Kier alpha value is -1.49. The maximum Gasteiger partial charge on any atom is 0.416 e. The molecule has 0 amide bonds. The monoisotopic (exact) mass is 257 g/mol. The normalized spacial score (nSPS) is 11.5. The molecule has 0 atom stereocenters. The maximum absolute atomic E-state index is 12.4. The number of alkyl halides is 3. The van der Waals surface area contributed by atoms with E-state index in [2.05, 4.69) is 5.32 Å². The van der Waals surface area contributed by atoms with Gasteiger partial charge in [0.05, 0.1) is 5.56 Å². The molecule has 0 radical (unpaired) electrons. The van der Waals surface area contributed by atoms with Crippen LogP contribution in [0.4, 0.5) is 18.9 Å². The molecule has 5 heteroatoms. The molecule has 0 saturated carbocycles. The topological polar surface area (TPSA) is 12.0 Å². The van der Waals surface area contributed by atoms with Crippen LogP contribution in [0.15, 0.2) is 35.7 Å². The van der Waals surface area contributed by atoms with Gasteiger partial charge in [0, 0.05) is 23.0 Å². The van der Waals surface area contributed by atoms with Crippen molar-refractivity contribution in [1.29, 1.82) is 0 Å². The van der Waals surface area contributed by atoms with Crippen molar-refractivity contribution in [3.63, 3.8) is 0 Å². The Labute approximate surface area is 101 Å². The highest BCUT2D eigenvalue weighted by atomic mass is 32.1. The van der Waals surface area contributed by atoms with Gasteiger partial charge >= 0.3 is 6.18 Å². The van der Waals surface area contributed by atoms with Gasteiger partial charge in [-0.2, -0.15) is 13.2 Å². The zero-order valence-corrected chi connectivity index (χ0v) is 9.82. The van der Waals surface area contributed by atoms with Crippen LogP contribution in [0, 0.1) is 0 Å². The lowest BCUT2D eigenvalue weighted by Crippen LogP contribution is -2.03. The zero-order chi connectivity index (χ0) is 12.5. The Kier molecular flexibility index (Phi) is 3.11. The molecule has 0 aliphatic heterocycles. The summed E-state index contributed by atoms with van der Waals surface area (Å²) in [7, 11) is 1.80. The fourth-order valence-electron chi connectivity index (χ4n) is 1.44. The molecule has 0 spiro atoms. The lowest BCUT2D eigenvalue weighted by Gasteiger charge is -2.06. The Morgan fingerprint density at radius 3 is 2.24 bits per heavy atom. The molecule has 1 aromatic carbocycles. The SMILES string of the molecule is CNc1csc(-c2ccc(C(F)(F)F)cc2)c1. The summed E-state index contributed by atoms with van der Waals surface area (Å²) in [5, 5.41) is 4.91. The van der Waals surface area contributed by atoms with E-state index in [4.69, 9.17) is 0 Å². The van der Waals surface area contributed by atoms with Crippen LogP contribution in [0.2, 0.25) is 0 Å². The molecule has 1 aromatic heterocycles. The van der Waals surface area contributed by atoms with Gasteiger partial charge < -0.3 is 5.32 Å². The second kappa shape index (κ2) is 4.41. The third kappa shape index (κ3) is 2.61. The quantitative estimate of drug-likeness (QED) is 0.836. The first kappa shape index (κ1) is 12.0. The minimum atomic E-state index is -4.27. The minimum Gasteiger partial charge on any atom is -0.387 e. The molecule has 0 bridgehead atoms. The minimum absolute atomic E-state index is 0.619. The first-order chi connectivity index (χ1) is 8.00. The van der Waals surface area contributed by atoms with Gasteiger partial charge in [-0.15, -0.1) is 11.3 Å². The number of hydrogen-bond acceptors (Lipinski definition) is 2. The summed E-state index contributed by atoms with van der Waals surface area (Å²) in [6, 6.07) is 7.11. The Bertz CT molecular complexity index is 499. The first-order valence-corrected chi connectivity index (χ1v) is 5.82. The summed E-state index contributed by atoms with van der Waals surface area (Å²) in [5.74, 6) is 0. The van der Waals surface area contributed by atoms with E-state index in [0.717, 1.165) is 28.3 Å². The van der Waals surface area contributed by atoms with Gasteiger partial charge in [0.25, 0.3) is 0 Å². The Morgan fingerprint density at radius 1 is 1.12 bits per heavy atom.